The van der Waals surface area contributed by atoms with E-state index in [1.807, 2.05) is 30.3 Å². The molecule has 0 unspecified atom stereocenters. The molecule has 2 aromatic heterocycles. The van der Waals surface area contributed by atoms with E-state index in [0.29, 0.717) is 5.76 Å². The van der Waals surface area contributed by atoms with E-state index in [0.717, 1.165) is 22.3 Å². The molecule has 0 radical (unpaired) electrons. The Morgan fingerprint density at radius 3 is 2.62 bits per heavy atom. The zero-order valence-electron chi connectivity index (χ0n) is 15.0. The number of carbonyl (C=O) groups is 1. The fourth-order valence-electron chi connectivity index (χ4n) is 2.80. The number of phenolic OH excluding ortho intramolecular Hbond substituents is 1. The van der Waals surface area contributed by atoms with Crippen molar-refractivity contribution < 1.29 is 22.7 Å². The molecule has 4 rings (SSSR count). The number of furan rings is 1. The Hall–Kier alpha value is -3.30. The number of phenols is 1. The minimum atomic E-state index is -3.73. The molecule has 0 fully saturated rings. The summed E-state index contributed by atoms with van der Waals surface area (Å²) in [6, 6.07) is 16.4. The van der Waals surface area contributed by atoms with Crippen LogP contribution in [0.4, 0.5) is 5.69 Å². The molecule has 0 atom stereocenters. The molecular weight excluding hydrogens is 412 g/mol. The van der Waals surface area contributed by atoms with Gasteiger partial charge in [0.2, 0.25) is 0 Å². The number of anilines is 1. The molecule has 0 aliphatic rings. The molecule has 9 heteroatoms. The normalized spacial score (nSPS) is 11.4. The minimum Gasteiger partial charge on any atom is -0.507 e. The van der Waals surface area contributed by atoms with Crippen LogP contribution in [0.1, 0.15) is 16.1 Å². The summed E-state index contributed by atoms with van der Waals surface area (Å²) < 4.78 is 32.7. The molecule has 3 N–H and O–H groups in total. The van der Waals surface area contributed by atoms with Crippen LogP contribution in [0, 0.1) is 0 Å². The van der Waals surface area contributed by atoms with Crippen LogP contribution in [0.15, 0.2) is 74.7 Å². The number of nitrogens with one attached hydrogen (secondary N) is 2. The number of para-hydroxylation sites is 1. The molecule has 0 aliphatic carbocycles. The molecule has 0 saturated carbocycles. The van der Waals surface area contributed by atoms with Crippen LogP contribution in [0.25, 0.3) is 11.0 Å². The second-order valence-corrected chi connectivity index (χ2v) is 9.06. The van der Waals surface area contributed by atoms with E-state index >= 15 is 0 Å². The van der Waals surface area contributed by atoms with Gasteiger partial charge >= 0.3 is 0 Å². The summed E-state index contributed by atoms with van der Waals surface area (Å²) in [6.07, 6.45) is 0. The lowest BCUT2D eigenvalue weighted by atomic mass is 10.1. The quantitative estimate of drug-likeness (QED) is 0.431. The van der Waals surface area contributed by atoms with Gasteiger partial charge < -0.3 is 14.8 Å². The Morgan fingerprint density at radius 2 is 1.90 bits per heavy atom. The zero-order valence-corrected chi connectivity index (χ0v) is 16.6. The van der Waals surface area contributed by atoms with E-state index in [9.17, 15) is 18.3 Å². The summed E-state index contributed by atoms with van der Waals surface area (Å²) in [4.78, 5) is 12.4. The third-order valence-corrected chi connectivity index (χ3v) is 6.93. The van der Waals surface area contributed by atoms with Crippen molar-refractivity contribution >= 4 is 43.9 Å². The summed E-state index contributed by atoms with van der Waals surface area (Å²) in [5.74, 6) is -0.256. The Kier molecular flexibility index (Phi) is 4.99. The number of aromatic hydroxyl groups is 1. The first-order valence-corrected chi connectivity index (χ1v) is 10.9. The molecule has 2 heterocycles. The summed E-state index contributed by atoms with van der Waals surface area (Å²) in [6.45, 7) is 0.152. The van der Waals surface area contributed by atoms with Gasteiger partial charge in [-0.2, -0.15) is 0 Å². The number of fused-ring (bicyclic) bond motifs is 1. The molecular formula is C20H16N2O5S2. The Labute approximate surface area is 170 Å². The number of amides is 1. The SMILES string of the molecule is O=C(NCc1cc2ccccc2o1)c1ccc(NS(=O)(=O)c2cccs2)cc1O. The van der Waals surface area contributed by atoms with Crippen LogP contribution < -0.4 is 10.0 Å². The molecule has 4 aromatic rings. The summed E-state index contributed by atoms with van der Waals surface area (Å²) in [7, 11) is -3.73. The summed E-state index contributed by atoms with van der Waals surface area (Å²) in [5.41, 5.74) is 0.909. The average molecular weight is 428 g/mol. The number of sulfonamides is 1. The summed E-state index contributed by atoms with van der Waals surface area (Å²) >= 11 is 1.08. The number of benzene rings is 2. The monoisotopic (exact) mass is 428 g/mol. The highest BCUT2D eigenvalue weighted by Crippen LogP contribution is 2.26. The first-order chi connectivity index (χ1) is 13.9. The van der Waals surface area contributed by atoms with Gasteiger partial charge in [0.05, 0.1) is 17.8 Å². The van der Waals surface area contributed by atoms with Crippen LogP contribution in [0.2, 0.25) is 0 Å². The van der Waals surface area contributed by atoms with E-state index in [-0.39, 0.29) is 27.8 Å². The standard InChI is InChI=1S/C20H16N2O5S2/c23-17-11-14(22-29(25,26)19-6-3-9-28-19)7-8-16(17)20(24)21-12-15-10-13-4-1-2-5-18(13)27-15/h1-11,22-23H,12H2,(H,21,24). The highest BCUT2D eigenvalue weighted by atomic mass is 32.2. The fourth-order valence-corrected chi connectivity index (χ4v) is 4.84. The molecule has 0 aliphatic heterocycles. The lowest BCUT2D eigenvalue weighted by molar-refractivity contribution is 0.0945. The fraction of sp³-hybridized carbons (Fsp3) is 0.0500. The van der Waals surface area contributed by atoms with Gasteiger partial charge in [-0.05, 0) is 35.7 Å². The maximum atomic E-state index is 12.4. The Bertz CT molecular complexity index is 1240. The van der Waals surface area contributed by atoms with E-state index in [2.05, 4.69) is 10.0 Å². The third kappa shape index (κ3) is 4.10. The van der Waals surface area contributed by atoms with Crippen LogP contribution in [0.3, 0.4) is 0 Å². The first kappa shape index (κ1) is 19.0. The van der Waals surface area contributed by atoms with Crippen LogP contribution in [-0.4, -0.2) is 19.4 Å². The van der Waals surface area contributed by atoms with Crippen LogP contribution >= 0.6 is 11.3 Å². The highest BCUT2D eigenvalue weighted by Gasteiger charge is 2.17. The molecule has 0 bridgehead atoms. The molecule has 148 valence electrons. The van der Waals surface area contributed by atoms with Crippen molar-refractivity contribution in [3.63, 3.8) is 0 Å². The van der Waals surface area contributed by atoms with Gasteiger partial charge in [0.25, 0.3) is 15.9 Å². The predicted octanol–water partition coefficient (Wildman–Crippen LogP) is 3.93. The molecule has 1 amide bonds. The van der Waals surface area contributed by atoms with Gasteiger partial charge in [-0.15, -0.1) is 11.3 Å². The van der Waals surface area contributed by atoms with Gasteiger partial charge in [-0.1, -0.05) is 24.3 Å². The topological polar surface area (TPSA) is 109 Å². The van der Waals surface area contributed by atoms with Crippen molar-refractivity contribution in [2.24, 2.45) is 0 Å². The Morgan fingerprint density at radius 1 is 1.07 bits per heavy atom. The van der Waals surface area contributed by atoms with Gasteiger partial charge in [0.15, 0.2) is 0 Å². The van der Waals surface area contributed by atoms with Crippen LogP contribution in [0.5, 0.6) is 5.75 Å². The van der Waals surface area contributed by atoms with Crippen molar-refractivity contribution in [3.05, 3.63) is 77.4 Å². The maximum Gasteiger partial charge on any atom is 0.271 e. The largest absolute Gasteiger partial charge is 0.507 e. The van der Waals surface area contributed by atoms with Crippen molar-refractivity contribution in [1.82, 2.24) is 5.32 Å². The van der Waals surface area contributed by atoms with E-state index in [4.69, 9.17) is 4.42 Å². The number of hydrogen-bond donors (Lipinski definition) is 3. The molecule has 0 spiro atoms. The van der Waals surface area contributed by atoms with Crippen molar-refractivity contribution in [2.45, 2.75) is 10.8 Å². The van der Waals surface area contributed by atoms with Gasteiger partial charge in [-0.3, -0.25) is 9.52 Å². The predicted molar refractivity (Wildman–Crippen MR) is 111 cm³/mol. The maximum absolute atomic E-state index is 12.4. The van der Waals surface area contributed by atoms with Crippen LogP contribution in [-0.2, 0) is 16.6 Å². The third-order valence-electron chi connectivity index (χ3n) is 4.15. The number of hydrogen-bond acceptors (Lipinski definition) is 6. The van der Waals surface area contributed by atoms with Gasteiger partial charge in [-0.25, -0.2) is 8.42 Å². The smallest absolute Gasteiger partial charge is 0.271 e. The van der Waals surface area contributed by atoms with Crippen molar-refractivity contribution in [3.8, 4) is 5.75 Å². The van der Waals surface area contributed by atoms with E-state index in [1.165, 1.54) is 24.3 Å². The molecule has 0 saturated heterocycles. The Balaban J connectivity index is 1.45. The number of thiophene rings is 1. The number of carbonyl (C=O) groups excluding carboxylic acids is 1. The average Bonchev–Trinajstić information content (AvgIpc) is 3.36. The lowest BCUT2D eigenvalue weighted by Gasteiger charge is -2.09. The molecule has 7 nitrogen and oxygen atoms in total. The highest BCUT2D eigenvalue weighted by molar-refractivity contribution is 7.94. The second-order valence-electron chi connectivity index (χ2n) is 6.20. The first-order valence-electron chi connectivity index (χ1n) is 8.57. The van der Waals surface area contributed by atoms with Gasteiger partial charge in [0, 0.05) is 11.5 Å². The van der Waals surface area contributed by atoms with E-state index < -0.39 is 15.9 Å². The second kappa shape index (κ2) is 7.61. The zero-order chi connectivity index (χ0) is 20.4. The minimum absolute atomic E-state index is 0.0279. The van der Waals surface area contributed by atoms with E-state index in [1.54, 1.807) is 11.4 Å². The number of rotatable bonds is 6. The van der Waals surface area contributed by atoms with Crippen molar-refractivity contribution in [1.29, 1.82) is 0 Å². The lowest BCUT2D eigenvalue weighted by Crippen LogP contribution is -2.22. The molecule has 2 aromatic carbocycles. The van der Waals surface area contributed by atoms with Crippen molar-refractivity contribution in [2.75, 3.05) is 4.72 Å². The summed E-state index contributed by atoms with van der Waals surface area (Å²) in [5, 5.41) is 15.4. The molecule has 29 heavy (non-hydrogen) atoms. The van der Waals surface area contributed by atoms with Gasteiger partial charge in [0.1, 0.15) is 21.3 Å².